The molecular weight excluding hydrogens is 397 g/mol. The molecule has 5 nitrogen and oxygen atoms in total. The molecule has 0 amide bonds. The van der Waals surface area contributed by atoms with Crippen LogP contribution >= 0.6 is 0 Å². The zero-order chi connectivity index (χ0) is 20.6. The number of rotatable bonds is 9. The highest BCUT2D eigenvalue weighted by Gasteiger charge is 2.51. The van der Waals surface area contributed by atoms with Crippen LogP contribution in [-0.2, 0) is 22.4 Å². The SMILES string of the molecule is C[Si](C)(C)OC[C@H]1O[C@H](O[Si](C)(C)C)[C@H](O[Si](C)(C)C)[C@H]1O[Si](C)(C)C. The second-order valence-corrected chi connectivity index (χ2v) is 29.0. The molecule has 1 saturated heterocycles. The van der Waals surface area contributed by atoms with Gasteiger partial charge in [0.1, 0.15) is 18.3 Å². The molecule has 0 aliphatic carbocycles. The third-order valence-electron chi connectivity index (χ3n) is 3.40. The van der Waals surface area contributed by atoms with E-state index in [0.29, 0.717) is 6.61 Å². The van der Waals surface area contributed by atoms with Crippen LogP contribution in [0.2, 0.25) is 78.6 Å². The molecule has 0 saturated carbocycles. The molecule has 0 bridgehead atoms. The summed E-state index contributed by atoms with van der Waals surface area (Å²) in [5.74, 6) is 0. The van der Waals surface area contributed by atoms with Gasteiger partial charge >= 0.3 is 0 Å². The molecule has 1 fully saturated rings. The Morgan fingerprint density at radius 1 is 0.577 bits per heavy atom. The Balaban J connectivity index is 3.10. The van der Waals surface area contributed by atoms with Crippen molar-refractivity contribution in [1.29, 1.82) is 0 Å². The maximum Gasteiger partial charge on any atom is 0.187 e. The van der Waals surface area contributed by atoms with Crippen molar-refractivity contribution in [2.75, 3.05) is 6.61 Å². The van der Waals surface area contributed by atoms with Crippen LogP contribution in [-0.4, -0.2) is 64.5 Å². The number of ether oxygens (including phenoxy) is 1. The fraction of sp³-hybridized carbons (Fsp3) is 1.00. The van der Waals surface area contributed by atoms with Crippen LogP contribution in [0.25, 0.3) is 0 Å². The van der Waals surface area contributed by atoms with Gasteiger partial charge in [-0.2, -0.15) is 0 Å². The van der Waals surface area contributed by atoms with Crippen LogP contribution in [0.5, 0.6) is 0 Å². The van der Waals surface area contributed by atoms with Crippen molar-refractivity contribution >= 4 is 33.3 Å². The van der Waals surface area contributed by atoms with Crippen LogP contribution in [0.15, 0.2) is 0 Å². The highest BCUT2D eigenvalue weighted by atomic mass is 28.4. The van der Waals surface area contributed by atoms with Crippen molar-refractivity contribution in [1.82, 2.24) is 0 Å². The maximum absolute atomic E-state index is 6.56. The summed E-state index contributed by atoms with van der Waals surface area (Å²) in [4.78, 5) is 0. The predicted molar refractivity (Wildman–Crippen MR) is 119 cm³/mol. The first kappa shape index (κ1) is 24.7. The molecule has 156 valence electrons. The largest absolute Gasteiger partial charge is 0.415 e. The summed E-state index contributed by atoms with van der Waals surface area (Å²) in [6, 6.07) is 0. The minimum absolute atomic E-state index is 0.133. The van der Waals surface area contributed by atoms with E-state index < -0.39 is 33.3 Å². The average molecular weight is 439 g/mol. The Kier molecular flexibility index (Phi) is 8.15. The molecule has 0 aromatic heterocycles. The van der Waals surface area contributed by atoms with Crippen molar-refractivity contribution in [2.45, 2.75) is 103 Å². The molecule has 0 radical (unpaired) electrons. The fourth-order valence-corrected chi connectivity index (χ4v) is 6.40. The van der Waals surface area contributed by atoms with Gasteiger partial charge in [0.2, 0.25) is 0 Å². The third kappa shape index (κ3) is 9.74. The van der Waals surface area contributed by atoms with E-state index in [0.717, 1.165) is 0 Å². The molecule has 1 heterocycles. The van der Waals surface area contributed by atoms with Gasteiger partial charge in [-0.25, -0.2) is 0 Å². The molecule has 0 unspecified atom stereocenters. The van der Waals surface area contributed by atoms with Gasteiger partial charge in [0.25, 0.3) is 0 Å². The van der Waals surface area contributed by atoms with E-state index in [-0.39, 0.29) is 24.6 Å². The van der Waals surface area contributed by atoms with E-state index in [1.54, 1.807) is 0 Å². The molecule has 0 N–H and O–H groups in total. The summed E-state index contributed by atoms with van der Waals surface area (Å²) in [7, 11) is -6.99. The molecule has 9 heteroatoms. The lowest BCUT2D eigenvalue weighted by atomic mass is 10.1. The van der Waals surface area contributed by atoms with E-state index >= 15 is 0 Å². The third-order valence-corrected chi connectivity index (χ3v) is 7.33. The minimum atomic E-state index is -1.79. The lowest BCUT2D eigenvalue weighted by Gasteiger charge is -2.35. The molecule has 0 spiro atoms. The summed E-state index contributed by atoms with van der Waals surface area (Å²) in [5, 5.41) is 0. The smallest absolute Gasteiger partial charge is 0.187 e. The first-order valence-electron chi connectivity index (χ1n) is 9.69. The van der Waals surface area contributed by atoms with Crippen LogP contribution in [0, 0.1) is 0 Å². The lowest BCUT2D eigenvalue weighted by molar-refractivity contribution is -0.116. The maximum atomic E-state index is 6.56. The van der Waals surface area contributed by atoms with E-state index in [1.807, 2.05) is 0 Å². The molecule has 0 aromatic rings. The van der Waals surface area contributed by atoms with Gasteiger partial charge in [-0.1, -0.05) is 0 Å². The van der Waals surface area contributed by atoms with Gasteiger partial charge in [-0.15, -0.1) is 0 Å². The monoisotopic (exact) mass is 438 g/mol. The van der Waals surface area contributed by atoms with Gasteiger partial charge < -0.3 is 22.4 Å². The van der Waals surface area contributed by atoms with Crippen LogP contribution in [0.4, 0.5) is 0 Å². The van der Waals surface area contributed by atoms with Gasteiger partial charge in [0.15, 0.2) is 39.6 Å². The van der Waals surface area contributed by atoms with E-state index in [4.69, 9.17) is 22.4 Å². The van der Waals surface area contributed by atoms with Crippen molar-refractivity contribution in [3.05, 3.63) is 0 Å². The Morgan fingerprint density at radius 2 is 1.00 bits per heavy atom. The van der Waals surface area contributed by atoms with Crippen LogP contribution < -0.4 is 0 Å². The van der Waals surface area contributed by atoms with Crippen molar-refractivity contribution in [2.24, 2.45) is 0 Å². The highest BCUT2D eigenvalue weighted by molar-refractivity contribution is 6.71. The molecule has 26 heavy (non-hydrogen) atoms. The average Bonchev–Trinajstić information content (AvgIpc) is 2.59. The molecule has 1 aliphatic heterocycles. The molecule has 0 aromatic carbocycles. The first-order chi connectivity index (χ1) is 11.4. The van der Waals surface area contributed by atoms with Gasteiger partial charge in [-0.3, -0.25) is 0 Å². The van der Waals surface area contributed by atoms with E-state index in [2.05, 4.69) is 78.6 Å². The first-order valence-corrected chi connectivity index (χ1v) is 23.3. The Hall–Kier alpha value is 0.668. The van der Waals surface area contributed by atoms with Gasteiger partial charge in [-0.05, 0) is 78.6 Å². The topological polar surface area (TPSA) is 46.2 Å². The van der Waals surface area contributed by atoms with Crippen molar-refractivity contribution in [3.8, 4) is 0 Å². The lowest BCUT2D eigenvalue weighted by Crippen LogP contribution is -2.50. The summed E-state index contributed by atoms with van der Waals surface area (Å²) >= 11 is 0. The standard InChI is InChI=1S/C17H42O5Si4/c1-23(2,3)18-13-14-15(20-24(4,5)6)16(21-25(7,8)9)17(19-14)22-26(10,11)12/h14-17H,13H2,1-12H3/t14-,15+,16-,17-/m1/s1. The second kappa shape index (κ2) is 8.58. The van der Waals surface area contributed by atoms with Gasteiger partial charge in [0.05, 0.1) is 6.61 Å². The quantitative estimate of drug-likeness (QED) is 0.481. The molecular formula is C17H42O5Si4. The summed E-state index contributed by atoms with van der Waals surface area (Å²) in [6.45, 7) is 26.9. The predicted octanol–water partition coefficient (Wildman–Crippen LogP) is 4.85. The number of hydrogen-bond donors (Lipinski definition) is 0. The second-order valence-electron chi connectivity index (χ2n) is 11.1. The van der Waals surface area contributed by atoms with Crippen LogP contribution in [0.1, 0.15) is 0 Å². The molecule has 1 aliphatic rings. The van der Waals surface area contributed by atoms with Gasteiger partial charge in [0, 0.05) is 0 Å². The Labute approximate surface area is 165 Å². The molecule has 1 rings (SSSR count). The van der Waals surface area contributed by atoms with Crippen molar-refractivity contribution in [3.63, 3.8) is 0 Å². The minimum Gasteiger partial charge on any atom is -0.415 e. The number of hydrogen-bond acceptors (Lipinski definition) is 5. The Bertz CT molecular complexity index is 448. The summed E-state index contributed by atoms with van der Waals surface area (Å²) in [6.07, 6.45) is -0.831. The normalized spacial score (nSPS) is 28.6. The fourth-order valence-electron chi connectivity index (χ4n) is 2.69. The van der Waals surface area contributed by atoms with E-state index in [9.17, 15) is 0 Å². The zero-order valence-corrected chi connectivity index (χ0v) is 23.1. The molecule has 4 atom stereocenters. The highest BCUT2D eigenvalue weighted by Crippen LogP contribution is 2.33. The zero-order valence-electron chi connectivity index (χ0n) is 19.1. The van der Waals surface area contributed by atoms with Crippen LogP contribution in [0.3, 0.4) is 0 Å². The summed E-state index contributed by atoms with van der Waals surface area (Å²) < 4.78 is 32.0. The Morgan fingerprint density at radius 3 is 1.38 bits per heavy atom. The van der Waals surface area contributed by atoms with Crippen molar-refractivity contribution < 1.29 is 22.4 Å². The summed E-state index contributed by atoms with van der Waals surface area (Å²) in [5.41, 5.74) is 0. The van der Waals surface area contributed by atoms with E-state index in [1.165, 1.54) is 0 Å².